The first kappa shape index (κ1) is 19.4. The number of rotatable bonds is 3. The maximum atomic E-state index is 13.1. The maximum absolute atomic E-state index is 13.1. The van der Waals surface area contributed by atoms with Crippen molar-refractivity contribution in [2.75, 3.05) is 13.1 Å². The summed E-state index contributed by atoms with van der Waals surface area (Å²) < 4.78 is 65.6. The molecule has 0 spiro atoms. The first-order valence-corrected chi connectivity index (χ1v) is 9.64. The van der Waals surface area contributed by atoms with Crippen molar-refractivity contribution < 1.29 is 26.4 Å². The summed E-state index contributed by atoms with van der Waals surface area (Å²) in [6.45, 7) is 0.149. The molecule has 0 bridgehead atoms. The molecule has 0 aromatic heterocycles. The summed E-state index contributed by atoms with van der Waals surface area (Å²) in [5.41, 5.74) is -0.279. The van der Waals surface area contributed by atoms with E-state index in [1.54, 1.807) is 30.3 Å². The van der Waals surface area contributed by atoms with Crippen molar-refractivity contribution in [1.29, 1.82) is 0 Å². The smallest absolute Gasteiger partial charge is 0.355 e. The third-order valence-electron chi connectivity index (χ3n) is 4.35. The summed E-state index contributed by atoms with van der Waals surface area (Å²) in [6.07, 6.45) is -4.61. The second-order valence-electron chi connectivity index (χ2n) is 6.12. The van der Waals surface area contributed by atoms with Crippen molar-refractivity contribution in [2.24, 2.45) is 0 Å². The summed E-state index contributed by atoms with van der Waals surface area (Å²) in [5.74, 6) is -0.283. The Kier molecular flexibility index (Phi) is 5.25. The van der Waals surface area contributed by atoms with Crippen LogP contribution in [-0.2, 0) is 21.0 Å². The molecule has 9 heteroatoms. The predicted octanol–water partition coefficient (Wildman–Crippen LogP) is 2.96. The molecule has 144 valence electrons. The summed E-state index contributed by atoms with van der Waals surface area (Å²) in [5, 5.41) is 2.63. The largest absolute Gasteiger partial charge is 0.416 e. The van der Waals surface area contributed by atoms with Gasteiger partial charge in [-0.3, -0.25) is 4.79 Å². The zero-order chi connectivity index (χ0) is 19.7. The van der Waals surface area contributed by atoms with Gasteiger partial charge in [-0.2, -0.15) is 17.5 Å². The van der Waals surface area contributed by atoms with Crippen LogP contribution in [0.25, 0.3) is 0 Å². The number of alkyl halides is 3. The molecule has 1 aliphatic rings. The van der Waals surface area contributed by atoms with Crippen LogP contribution in [0.3, 0.4) is 0 Å². The molecule has 3 rings (SSSR count). The fraction of sp³-hybridized carbons (Fsp3) is 0.278. The first-order valence-electron chi connectivity index (χ1n) is 8.20. The Hall–Kier alpha value is -2.39. The Morgan fingerprint density at radius 3 is 2.22 bits per heavy atom. The van der Waals surface area contributed by atoms with Gasteiger partial charge in [-0.05, 0) is 29.8 Å². The van der Waals surface area contributed by atoms with Crippen molar-refractivity contribution in [2.45, 2.75) is 23.5 Å². The number of hydrogen-bond acceptors (Lipinski definition) is 3. The highest BCUT2D eigenvalue weighted by atomic mass is 32.2. The lowest BCUT2D eigenvalue weighted by atomic mass is 10.0. The molecule has 1 amide bonds. The standard InChI is InChI=1S/C18H17F3N2O3S/c19-18(20,21)14-6-8-15(9-7-14)27(25,26)23-11-10-22-17(24)12-16(23)13-4-2-1-3-5-13/h1-9,16H,10-12H2,(H,22,24)/t16-/m0/s1. The van der Waals surface area contributed by atoms with Gasteiger partial charge >= 0.3 is 6.18 Å². The third kappa shape index (κ3) is 4.14. The zero-order valence-corrected chi connectivity index (χ0v) is 14.9. The number of nitrogens with one attached hydrogen (secondary N) is 1. The van der Waals surface area contributed by atoms with Gasteiger partial charge in [-0.1, -0.05) is 30.3 Å². The first-order chi connectivity index (χ1) is 12.7. The van der Waals surface area contributed by atoms with Crippen LogP contribution in [0.5, 0.6) is 0 Å². The minimum Gasteiger partial charge on any atom is -0.355 e. The molecule has 5 nitrogen and oxygen atoms in total. The number of carbonyl (C=O) groups is 1. The van der Waals surface area contributed by atoms with Crippen LogP contribution in [0.15, 0.2) is 59.5 Å². The highest BCUT2D eigenvalue weighted by molar-refractivity contribution is 7.89. The molecule has 0 aliphatic carbocycles. The summed E-state index contributed by atoms with van der Waals surface area (Å²) >= 11 is 0. The van der Waals surface area contributed by atoms with Gasteiger partial charge in [-0.15, -0.1) is 0 Å². The van der Waals surface area contributed by atoms with Crippen LogP contribution in [0.1, 0.15) is 23.6 Å². The minimum absolute atomic E-state index is 0.0225. The van der Waals surface area contributed by atoms with Crippen molar-refractivity contribution in [3.8, 4) is 0 Å². The molecular weight excluding hydrogens is 381 g/mol. The molecule has 1 heterocycles. The van der Waals surface area contributed by atoms with Gasteiger partial charge in [0.05, 0.1) is 16.5 Å². The van der Waals surface area contributed by atoms with E-state index in [-0.39, 0.29) is 30.3 Å². The monoisotopic (exact) mass is 398 g/mol. The molecule has 27 heavy (non-hydrogen) atoms. The Morgan fingerprint density at radius 2 is 1.63 bits per heavy atom. The molecule has 2 aromatic carbocycles. The molecule has 1 saturated heterocycles. The number of carbonyl (C=O) groups excluding carboxylic acids is 1. The minimum atomic E-state index is -4.55. The van der Waals surface area contributed by atoms with Gasteiger partial charge in [0.2, 0.25) is 15.9 Å². The topological polar surface area (TPSA) is 66.5 Å². The number of sulfonamides is 1. The van der Waals surface area contributed by atoms with E-state index < -0.39 is 27.8 Å². The fourth-order valence-corrected chi connectivity index (χ4v) is 4.62. The summed E-state index contributed by atoms with van der Waals surface area (Å²) in [4.78, 5) is 11.7. The molecule has 2 aromatic rings. The molecule has 1 atom stereocenters. The molecule has 1 aliphatic heterocycles. The van der Waals surface area contributed by atoms with E-state index in [1.807, 2.05) is 0 Å². The summed E-state index contributed by atoms with van der Waals surface area (Å²) in [7, 11) is -4.09. The number of amides is 1. The van der Waals surface area contributed by atoms with Gasteiger partial charge in [0, 0.05) is 19.5 Å². The van der Waals surface area contributed by atoms with E-state index >= 15 is 0 Å². The van der Waals surface area contributed by atoms with Crippen LogP contribution in [0.2, 0.25) is 0 Å². The van der Waals surface area contributed by atoms with Crippen molar-refractivity contribution in [1.82, 2.24) is 9.62 Å². The number of benzene rings is 2. The molecule has 1 N–H and O–H groups in total. The second kappa shape index (κ2) is 7.32. The number of hydrogen-bond donors (Lipinski definition) is 1. The van der Waals surface area contributed by atoms with Crippen molar-refractivity contribution >= 4 is 15.9 Å². The zero-order valence-electron chi connectivity index (χ0n) is 14.1. The number of nitrogens with zero attached hydrogens (tertiary/aromatic N) is 1. The Balaban J connectivity index is 2.00. The maximum Gasteiger partial charge on any atom is 0.416 e. The Labute approximate surface area is 154 Å². The van der Waals surface area contributed by atoms with E-state index in [4.69, 9.17) is 0 Å². The lowest BCUT2D eigenvalue weighted by Crippen LogP contribution is -2.36. The Morgan fingerprint density at radius 1 is 1.00 bits per heavy atom. The van der Waals surface area contributed by atoms with Crippen LogP contribution in [-0.4, -0.2) is 31.7 Å². The molecule has 0 saturated carbocycles. The van der Waals surface area contributed by atoms with E-state index in [0.717, 1.165) is 24.3 Å². The van der Waals surface area contributed by atoms with Crippen LogP contribution >= 0.6 is 0 Å². The van der Waals surface area contributed by atoms with Gasteiger partial charge in [0.1, 0.15) is 0 Å². The molecular formula is C18H17F3N2O3S. The van der Waals surface area contributed by atoms with Crippen molar-refractivity contribution in [3.05, 3.63) is 65.7 Å². The lowest BCUT2D eigenvalue weighted by Gasteiger charge is -2.28. The van der Waals surface area contributed by atoms with E-state index in [0.29, 0.717) is 5.56 Å². The quantitative estimate of drug-likeness (QED) is 0.865. The normalized spacial score (nSPS) is 19.4. The average Bonchev–Trinajstić information content (AvgIpc) is 2.84. The van der Waals surface area contributed by atoms with Crippen LogP contribution < -0.4 is 5.32 Å². The van der Waals surface area contributed by atoms with Gasteiger partial charge in [-0.25, -0.2) is 8.42 Å². The highest BCUT2D eigenvalue weighted by Crippen LogP contribution is 2.33. The van der Waals surface area contributed by atoms with Crippen molar-refractivity contribution in [3.63, 3.8) is 0 Å². The van der Waals surface area contributed by atoms with Gasteiger partial charge < -0.3 is 5.32 Å². The molecule has 0 unspecified atom stereocenters. The highest BCUT2D eigenvalue weighted by Gasteiger charge is 2.36. The summed E-state index contributed by atoms with van der Waals surface area (Å²) in [6, 6.07) is 11.3. The lowest BCUT2D eigenvalue weighted by molar-refractivity contribution is -0.137. The van der Waals surface area contributed by atoms with Gasteiger partial charge in [0.25, 0.3) is 0 Å². The average molecular weight is 398 g/mol. The van der Waals surface area contributed by atoms with E-state index in [2.05, 4.69) is 5.32 Å². The third-order valence-corrected chi connectivity index (χ3v) is 6.28. The van der Waals surface area contributed by atoms with Crippen LogP contribution in [0.4, 0.5) is 13.2 Å². The van der Waals surface area contributed by atoms with Crippen LogP contribution in [0, 0.1) is 0 Å². The number of halogens is 3. The van der Waals surface area contributed by atoms with Gasteiger partial charge in [0.15, 0.2) is 0 Å². The van der Waals surface area contributed by atoms with E-state index in [1.165, 1.54) is 4.31 Å². The molecule has 0 radical (unpaired) electrons. The van der Waals surface area contributed by atoms with E-state index in [9.17, 15) is 26.4 Å². The second-order valence-corrected chi connectivity index (χ2v) is 8.01. The fourth-order valence-electron chi connectivity index (χ4n) is 3.01. The Bertz CT molecular complexity index is 913. The SMILES string of the molecule is O=C1C[C@@H](c2ccccc2)N(S(=O)(=O)c2ccc(C(F)(F)F)cc2)CCN1. The molecule has 1 fully saturated rings. The predicted molar refractivity (Wildman–Crippen MR) is 92.1 cm³/mol.